The maximum Gasteiger partial charge on any atom is 0.114 e. The summed E-state index contributed by atoms with van der Waals surface area (Å²) >= 11 is 14.1. The van der Waals surface area contributed by atoms with E-state index in [0.29, 0.717) is 4.34 Å². The van der Waals surface area contributed by atoms with Crippen molar-refractivity contribution in [3.8, 4) is 0 Å². The summed E-state index contributed by atoms with van der Waals surface area (Å²) in [7, 11) is 0. The summed E-state index contributed by atoms with van der Waals surface area (Å²) in [6.45, 7) is 1.98. The van der Waals surface area contributed by atoms with Gasteiger partial charge in [0.25, 0.3) is 0 Å². The van der Waals surface area contributed by atoms with Crippen molar-refractivity contribution in [1.82, 2.24) is 0 Å². The van der Waals surface area contributed by atoms with Crippen LogP contribution in [0.15, 0.2) is 33.2 Å². The van der Waals surface area contributed by atoms with Crippen LogP contribution in [0.2, 0.25) is 4.34 Å². The second kappa shape index (κ2) is 5.41. The molecule has 1 aromatic carbocycles. The monoisotopic (exact) mass is 394 g/mol. The van der Waals surface area contributed by atoms with E-state index in [1.54, 1.807) is 0 Å². The fourth-order valence-electron chi connectivity index (χ4n) is 1.60. The Kier molecular flexibility index (Phi) is 4.31. The predicted molar refractivity (Wildman–Crippen MR) is 80.0 cm³/mol. The predicted octanol–water partition coefficient (Wildman–Crippen LogP) is 5.32. The lowest BCUT2D eigenvalue weighted by molar-refractivity contribution is 0.223. The van der Waals surface area contributed by atoms with Gasteiger partial charge in [-0.1, -0.05) is 33.6 Å². The third kappa shape index (κ3) is 2.93. The smallest absolute Gasteiger partial charge is 0.114 e. The summed E-state index contributed by atoms with van der Waals surface area (Å²) < 4.78 is 2.50. The second-order valence-electron chi connectivity index (χ2n) is 3.67. The minimum atomic E-state index is -0.628. The van der Waals surface area contributed by atoms with Crippen LogP contribution in [0.4, 0.5) is 0 Å². The van der Waals surface area contributed by atoms with Crippen LogP contribution in [0.3, 0.4) is 0 Å². The Labute approximate surface area is 126 Å². The first-order valence-electron chi connectivity index (χ1n) is 4.88. The SMILES string of the molecule is Cc1cc(Br)ccc1C(O)c1cc(Br)c(Cl)s1. The van der Waals surface area contributed by atoms with Crippen LogP contribution in [-0.2, 0) is 0 Å². The van der Waals surface area contributed by atoms with E-state index in [9.17, 15) is 5.11 Å². The van der Waals surface area contributed by atoms with Crippen LogP contribution in [0.5, 0.6) is 0 Å². The molecule has 0 bridgehead atoms. The van der Waals surface area contributed by atoms with E-state index in [1.165, 1.54) is 11.3 Å². The topological polar surface area (TPSA) is 20.2 Å². The average molecular weight is 397 g/mol. The quantitative estimate of drug-likeness (QED) is 0.729. The summed E-state index contributed by atoms with van der Waals surface area (Å²) in [5, 5.41) is 10.3. The molecular formula is C12H9Br2ClOS. The van der Waals surface area contributed by atoms with Crippen LogP contribution in [0, 0.1) is 6.92 Å². The molecular weight excluding hydrogens is 387 g/mol. The third-order valence-corrected chi connectivity index (χ3v) is 5.48. The largest absolute Gasteiger partial charge is 0.383 e. The van der Waals surface area contributed by atoms with Gasteiger partial charge in [0.1, 0.15) is 10.4 Å². The van der Waals surface area contributed by atoms with E-state index in [2.05, 4.69) is 31.9 Å². The number of rotatable bonds is 2. The highest BCUT2D eigenvalue weighted by atomic mass is 79.9. The van der Waals surface area contributed by atoms with Gasteiger partial charge in [-0.15, -0.1) is 11.3 Å². The summed E-state index contributed by atoms with van der Waals surface area (Å²) in [5.74, 6) is 0. The molecule has 0 saturated heterocycles. The average Bonchev–Trinajstić information content (AvgIpc) is 2.58. The van der Waals surface area contributed by atoms with Crippen molar-refractivity contribution in [2.75, 3.05) is 0 Å². The fourth-order valence-corrected chi connectivity index (χ4v) is 3.81. The van der Waals surface area contributed by atoms with E-state index < -0.39 is 6.10 Å². The molecule has 2 rings (SSSR count). The molecule has 1 nitrogen and oxygen atoms in total. The highest BCUT2D eigenvalue weighted by molar-refractivity contribution is 9.10. The summed E-state index contributed by atoms with van der Waals surface area (Å²) in [6, 6.07) is 7.70. The lowest BCUT2D eigenvalue weighted by Crippen LogP contribution is -1.99. The van der Waals surface area contributed by atoms with Gasteiger partial charge in [0.15, 0.2) is 0 Å². The number of aliphatic hydroxyl groups excluding tert-OH is 1. The Bertz CT molecular complexity index is 534. The van der Waals surface area contributed by atoms with Crippen LogP contribution in [-0.4, -0.2) is 5.11 Å². The molecule has 1 N–H and O–H groups in total. The van der Waals surface area contributed by atoms with Crippen molar-refractivity contribution in [3.63, 3.8) is 0 Å². The van der Waals surface area contributed by atoms with Gasteiger partial charge in [0.2, 0.25) is 0 Å². The van der Waals surface area contributed by atoms with Gasteiger partial charge < -0.3 is 5.11 Å². The van der Waals surface area contributed by atoms with E-state index in [1.807, 2.05) is 31.2 Å². The Morgan fingerprint density at radius 1 is 1.29 bits per heavy atom. The zero-order chi connectivity index (χ0) is 12.6. The normalized spacial score (nSPS) is 12.8. The number of hydrogen-bond donors (Lipinski definition) is 1. The molecule has 1 aromatic heterocycles. The minimum absolute atomic E-state index is 0.628. The molecule has 0 aliphatic rings. The zero-order valence-electron chi connectivity index (χ0n) is 8.88. The Hall–Kier alpha value is 0.130. The molecule has 2 aromatic rings. The van der Waals surface area contributed by atoms with Crippen molar-refractivity contribution in [2.45, 2.75) is 13.0 Å². The Morgan fingerprint density at radius 2 is 2.00 bits per heavy atom. The van der Waals surface area contributed by atoms with Crippen molar-refractivity contribution in [1.29, 1.82) is 0 Å². The first-order valence-corrected chi connectivity index (χ1v) is 7.66. The summed E-state index contributed by atoms with van der Waals surface area (Å²) in [5.41, 5.74) is 1.95. The van der Waals surface area contributed by atoms with Crippen LogP contribution in [0.1, 0.15) is 22.1 Å². The van der Waals surface area contributed by atoms with E-state index in [-0.39, 0.29) is 0 Å². The third-order valence-electron chi connectivity index (χ3n) is 2.46. The Morgan fingerprint density at radius 3 is 2.53 bits per heavy atom. The van der Waals surface area contributed by atoms with Crippen LogP contribution >= 0.6 is 54.8 Å². The molecule has 17 heavy (non-hydrogen) atoms. The van der Waals surface area contributed by atoms with E-state index in [4.69, 9.17) is 11.6 Å². The molecule has 0 amide bonds. The van der Waals surface area contributed by atoms with Gasteiger partial charge in [-0.2, -0.15) is 0 Å². The number of aryl methyl sites for hydroxylation is 1. The summed E-state index contributed by atoms with van der Waals surface area (Å²) in [6.07, 6.45) is -0.628. The number of halogens is 3. The number of benzene rings is 1. The highest BCUT2D eigenvalue weighted by Gasteiger charge is 2.17. The van der Waals surface area contributed by atoms with Crippen molar-refractivity contribution in [3.05, 3.63) is 53.6 Å². The van der Waals surface area contributed by atoms with Crippen molar-refractivity contribution >= 4 is 54.8 Å². The number of thiophene rings is 1. The molecule has 0 radical (unpaired) electrons. The Balaban J connectivity index is 2.39. The fraction of sp³-hybridized carbons (Fsp3) is 0.167. The molecule has 0 aliphatic carbocycles. The van der Waals surface area contributed by atoms with Crippen molar-refractivity contribution in [2.24, 2.45) is 0 Å². The number of aliphatic hydroxyl groups is 1. The molecule has 1 heterocycles. The van der Waals surface area contributed by atoms with E-state index in [0.717, 1.165) is 24.9 Å². The standard InChI is InChI=1S/C12H9Br2ClOS/c1-6-4-7(13)2-3-8(6)11(16)10-5-9(14)12(15)17-10/h2-5,11,16H,1H3. The minimum Gasteiger partial charge on any atom is -0.383 e. The first-order chi connectivity index (χ1) is 7.99. The summed E-state index contributed by atoms with van der Waals surface area (Å²) in [4.78, 5) is 0.840. The van der Waals surface area contributed by atoms with Crippen LogP contribution < -0.4 is 0 Å². The highest BCUT2D eigenvalue weighted by Crippen LogP contribution is 2.38. The van der Waals surface area contributed by atoms with Gasteiger partial charge in [0, 0.05) is 13.8 Å². The molecule has 0 aliphatic heterocycles. The molecule has 1 atom stereocenters. The maximum absolute atomic E-state index is 10.3. The molecule has 1 unspecified atom stereocenters. The van der Waals surface area contributed by atoms with Crippen LogP contribution in [0.25, 0.3) is 0 Å². The molecule has 0 saturated carbocycles. The van der Waals surface area contributed by atoms with Gasteiger partial charge in [-0.25, -0.2) is 0 Å². The van der Waals surface area contributed by atoms with Gasteiger partial charge in [-0.05, 0) is 52.2 Å². The van der Waals surface area contributed by atoms with Gasteiger partial charge >= 0.3 is 0 Å². The lowest BCUT2D eigenvalue weighted by Gasteiger charge is -2.12. The molecule has 0 fully saturated rings. The number of hydrogen-bond acceptors (Lipinski definition) is 2. The van der Waals surface area contributed by atoms with Gasteiger partial charge in [0.05, 0.1) is 0 Å². The lowest BCUT2D eigenvalue weighted by atomic mass is 10.0. The van der Waals surface area contributed by atoms with E-state index >= 15 is 0 Å². The van der Waals surface area contributed by atoms with Crippen molar-refractivity contribution < 1.29 is 5.11 Å². The molecule has 5 heteroatoms. The molecule has 0 spiro atoms. The maximum atomic E-state index is 10.3. The molecule has 90 valence electrons. The first kappa shape index (κ1) is 13.6. The zero-order valence-corrected chi connectivity index (χ0v) is 13.6. The second-order valence-corrected chi connectivity index (χ2v) is 7.13. The van der Waals surface area contributed by atoms with Gasteiger partial charge in [-0.3, -0.25) is 0 Å².